The van der Waals surface area contributed by atoms with E-state index in [1.807, 2.05) is 54.7 Å². The Kier molecular flexibility index (Phi) is 7.52. The van der Waals surface area contributed by atoms with Gasteiger partial charge in [-0.15, -0.1) is 0 Å². The lowest BCUT2D eigenvalue weighted by Gasteiger charge is -2.34. The molecule has 0 radical (unpaired) electrons. The summed E-state index contributed by atoms with van der Waals surface area (Å²) in [6, 6.07) is 30.8. The van der Waals surface area contributed by atoms with Crippen LogP contribution in [0, 0.1) is 16.7 Å². The molecule has 0 aliphatic carbocycles. The fraction of sp³-hybridized carbons (Fsp3) is 0.222. The summed E-state index contributed by atoms with van der Waals surface area (Å²) in [7, 11) is 3.21. The molecule has 6 nitrogen and oxygen atoms in total. The zero-order chi connectivity index (χ0) is 29.1. The summed E-state index contributed by atoms with van der Waals surface area (Å²) in [4.78, 5) is 19.5. The number of rotatable bonds is 8. The second-order valence-electron chi connectivity index (χ2n) is 10.8. The van der Waals surface area contributed by atoms with E-state index >= 15 is 0 Å². The molecule has 0 bridgehead atoms. The van der Waals surface area contributed by atoms with Gasteiger partial charge in [0.2, 0.25) is 5.91 Å². The van der Waals surface area contributed by atoms with Crippen molar-refractivity contribution < 1.29 is 14.3 Å². The first kappa shape index (κ1) is 27.3. The number of benzene rings is 4. The van der Waals surface area contributed by atoms with E-state index in [9.17, 15) is 10.1 Å². The Labute approximate surface area is 245 Å². The molecule has 0 saturated heterocycles. The van der Waals surface area contributed by atoms with Gasteiger partial charge in [0, 0.05) is 54.8 Å². The highest BCUT2D eigenvalue weighted by Crippen LogP contribution is 2.40. The van der Waals surface area contributed by atoms with E-state index in [0.29, 0.717) is 19.5 Å². The van der Waals surface area contributed by atoms with Crippen LogP contribution in [-0.2, 0) is 16.0 Å². The summed E-state index contributed by atoms with van der Waals surface area (Å²) < 4.78 is 11.3. The number of carbonyl (C=O) groups is 1. The molecule has 2 heterocycles. The number of para-hydroxylation sites is 2. The number of nitrogens with zero attached hydrogens (tertiary/aromatic N) is 2. The van der Waals surface area contributed by atoms with Gasteiger partial charge in [0.25, 0.3) is 0 Å². The van der Waals surface area contributed by atoms with Crippen molar-refractivity contribution in [2.45, 2.75) is 12.8 Å². The second-order valence-corrected chi connectivity index (χ2v) is 10.8. The minimum Gasteiger partial charge on any atom is -0.496 e. The van der Waals surface area contributed by atoms with E-state index in [-0.39, 0.29) is 18.9 Å². The van der Waals surface area contributed by atoms with Crippen LogP contribution in [0.5, 0.6) is 5.75 Å². The van der Waals surface area contributed by atoms with Gasteiger partial charge in [-0.05, 0) is 46.0 Å². The third kappa shape index (κ3) is 4.82. The van der Waals surface area contributed by atoms with Gasteiger partial charge in [0.1, 0.15) is 5.75 Å². The van der Waals surface area contributed by atoms with Gasteiger partial charge < -0.3 is 19.4 Å². The average molecular weight is 556 g/mol. The summed E-state index contributed by atoms with van der Waals surface area (Å²) in [5.41, 5.74) is 4.85. The van der Waals surface area contributed by atoms with Gasteiger partial charge in [-0.25, -0.2) is 0 Å². The van der Waals surface area contributed by atoms with Crippen LogP contribution in [0.2, 0.25) is 0 Å². The van der Waals surface area contributed by atoms with E-state index in [2.05, 4.69) is 53.5 Å². The summed E-state index contributed by atoms with van der Waals surface area (Å²) in [5, 5.41) is 13.9. The Bertz CT molecular complexity index is 1850. The quantitative estimate of drug-likeness (QED) is 0.223. The molecule has 1 aliphatic heterocycles. The minimum absolute atomic E-state index is 0.00750. The number of aromatic amines is 1. The van der Waals surface area contributed by atoms with Gasteiger partial charge in [0.05, 0.1) is 19.8 Å². The van der Waals surface area contributed by atoms with E-state index in [1.54, 1.807) is 19.1 Å². The lowest BCUT2D eigenvalue weighted by atomic mass is 9.78. The third-order valence-electron chi connectivity index (χ3n) is 8.36. The molecule has 1 N–H and O–H groups in total. The normalized spacial score (nSPS) is 14.8. The van der Waals surface area contributed by atoms with Crippen LogP contribution in [0.25, 0.3) is 38.4 Å². The zero-order valence-corrected chi connectivity index (χ0v) is 23.9. The molecule has 6 heteroatoms. The monoisotopic (exact) mass is 555 g/mol. The van der Waals surface area contributed by atoms with Crippen LogP contribution in [0.15, 0.2) is 97.2 Å². The third-order valence-corrected chi connectivity index (χ3v) is 8.36. The average Bonchev–Trinajstić information content (AvgIpc) is 3.48. The lowest BCUT2D eigenvalue weighted by Crippen LogP contribution is -2.48. The number of hydrogen-bond acceptors (Lipinski definition) is 4. The van der Waals surface area contributed by atoms with Gasteiger partial charge in [-0.2, -0.15) is 5.26 Å². The SMILES string of the molecule is COCC(C#N)(Cc1c(-c2ccccc2OC)ccc2ccccc12)C(=O)N1CC=C(c2c[nH]c3ccccc23)CC1. The summed E-state index contributed by atoms with van der Waals surface area (Å²) in [6.07, 6.45) is 5.08. The standard InChI is InChI=1S/C36H33N3O3/c1-41-24-36(23-37,35(40)39-19-17-26(18-20-39)32-22-38-33-13-7-5-11-29(32)33)21-31-27-10-4-3-9-25(27)15-16-28(31)30-12-6-8-14-34(30)42-2/h3-17,22,38H,18-21,24H2,1-2H3. The Morgan fingerprint density at radius 2 is 1.69 bits per heavy atom. The highest BCUT2D eigenvalue weighted by molar-refractivity contribution is 5.96. The van der Waals surface area contributed by atoms with Crippen LogP contribution >= 0.6 is 0 Å². The van der Waals surface area contributed by atoms with Gasteiger partial charge >= 0.3 is 0 Å². The molecule has 1 amide bonds. The molecular weight excluding hydrogens is 522 g/mol. The van der Waals surface area contributed by atoms with Crippen LogP contribution in [0.4, 0.5) is 0 Å². The zero-order valence-electron chi connectivity index (χ0n) is 23.9. The molecule has 210 valence electrons. The van der Waals surface area contributed by atoms with Crippen molar-refractivity contribution in [3.63, 3.8) is 0 Å². The summed E-state index contributed by atoms with van der Waals surface area (Å²) in [6.45, 7) is 0.967. The van der Waals surface area contributed by atoms with E-state index < -0.39 is 5.41 Å². The fourth-order valence-electron chi connectivity index (χ4n) is 6.24. The van der Waals surface area contributed by atoms with Crippen molar-refractivity contribution in [2.75, 3.05) is 33.9 Å². The number of aromatic nitrogens is 1. The number of ether oxygens (including phenoxy) is 2. The molecule has 1 unspecified atom stereocenters. The topological polar surface area (TPSA) is 78.3 Å². The predicted molar refractivity (Wildman–Crippen MR) is 167 cm³/mol. The smallest absolute Gasteiger partial charge is 0.246 e. The highest BCUT2D eigenvalue weighted by Gasteiger charge is 2.43. The molecular formula is C36H33N3O3. The minimum atomic E-state index is -1.40. The van der Waals surface area contributed by atoms with Crippen molar-refractivity contribution >= 4 is 33.2 Å². The molecule has 1 aliphatic rings. The Hall–Kier alpha value is -4.86. The Morgan fingerprint density at radius 1 is 0.929 bits per heavy atom. The molecule has 4 aromatic carbocycles. The number of H-pyrrole nitrogens is 1. The maximum atomic E-state index is 14.3. The second kappa shape index (κ2) is 11.6. The number of hydrogen-bond donors (Lipinski definition) is 1. The molecule has 42 heavy (non-hydrogen) atoms. The number of fused-ring (bicyclic) bond motifs is 2. The van der Waals surface area contributed by atoms with E-state index in [4.69, 9.17) is 9.47 Å². The van der Waals surface area contributed by atoms with Crippen LogP contribution in [-0.4, -0.2) is 49.7 Å². The molecule has 0 spiro atoms. The molecule has 0 fully saturated rings. The fourth-order valence-corrected chi connectivity index (χ4v) is 6.24. The predicted octanol–water partition coefficient (Wildman–Crippen LogP) is 7.01. The number of carbonyl (C=O) groups excluding carboxylic acids is 1. The van der Waals surface area contributed by atoms with Crippen molar-refractivity contribution in [3.8, 4) is 22.9 Å². The molecule has 1 atom stereocenters. The number of nitriles is 1. The number of amides is 1. The highest BCUT2D eigenvalue weighted by atomic mass is 16.5. The molecule has 6 rings (SSSR count). The Balaban J connectivity index is 1.38. The van der Waals surface area contributed by atoms with Gasteiger partial charge in [-0.3, -0.25) is 4.79 Å². The van der Waals surface area contributed by atoms with Crippen LogP contribution < -0.4 is 4.74 Å². The summed E-state index contributed by atoms with van der Waals surface area (Å²) >= 11 is 0. The first-order valence-corrected chi connectivity index (χ1v) is 14.2. The van der Waals surface area contributed by atoms with E-state index in [1.165, 1.54) is 16.5 Å². The van der Waals surface area contributed by atoms with Crippen molar-refractivity contribution in [3.05, 3.63) is 108 Å². The maximum Gasteiger partial charge on any atom is 0.246 e. The summed E-state index contributed by atoms with van der Waals surface area (Å²) in [5.74, 6) is 0.528. The first-order valence-electron chi connectivity index (χ1n) is 14.2. The van der Waals surface area contributed by atoms with Crippen LogP contribution in [0.1, 0.15) is 17.5 Å². The first-order chi connectivity index (χ1) is 20.6. The molecule has 5 aromatic rings. The largest absolute Gasteiger partial charge is 0.496 e. The Morgan fingerprint density at radius 3 is 2.45 bits per heavy atom. The molecule has 1 aromatic heterocycles. The molecule has 0 saturated carbocycles. The van der Waals surface area contributed by atoms with Crippen molar-refractivity contribution in [1.82, 2.24) is 9.88 Å². The van der Waals surface area contributed by atoms with Crippen molar-refractivity contribution in [1.29, 1.82) is 5.26 Å². The van der Waals surface area contributed by atoms with Gasteiger partial charge in [0.15, 0.2) is 5.41 Å². The number of nitrogens with one attached hydrogen (secondary N) is 1. The lowest BCUT2D eigenvalue weighted by molar-refractivity contribution is -0.141. The van der Waals surface area contributed by atoms with Gasteiger partial charge in [-0.1, -0.05) is 78.9 Å². The van der Waals surface area contributed by atoms with E-state index in [0.717, 1.165) is 38.7 Å². The van der Waals surface area contributed by atoms with Crippen LogP contribution in [0.3, 0.4) is 0 Å². The van der Waals surface area contributed by atoms with Crippen molar-refractivity contribution in [2.24, 2.45) is 5.41 Å². The maximum absolute atomic E-state index is 14.3. The number of methoxy groups -OCH3 is 2.